The predicted molar refractivity (Wildman–Crippen MR) is 102 cm³/mol. The van der Waals surface area contributed by atoms with Crippen molar-refractivity contribution in [2.75, 3.05) is 36.4 Å². The molecule has 0 unspecified atom stereocenters. The number of rotatable bonds is 5. The topological polar surface area (TPSA) is 48.5 Å². The molecule has 0 aliphatic carbocycles. The van der Waals surface area contributed by atoms with Crippen LogP contribution in [-0.4, -0.2) is 42.0 Å². The molecule has 0 spiro atoms. The van der Waals surface area contributed by atoms with Crippen LogP contribution in [0.3, 0.4) is 0 Å². The Bertz CT molecular complexity index is 677. The van der Waals surface area contributed by atoms with Crippen molar-refractivity contribution < 1.29 is 4.79 Å². The van der Waals surface area contributed by atoms with Gasteiger partial charge in [-0.25, -0.2) is 4.98 Å². The largest absolute Gasteiger partial charge is 0.354 e. The third-order valence-corrected chi connectivity index (χ3v) is 4.49. The van der Waals surface area contributed by atoms with Crippen molar-refractivity contribution in [2.45, 2.75) is 20.4 Å². The molecule has 5 heteroatoms. The highest BCUT2D eigenvalue weighted by atomic mass is 16.1. The van der Waals surface area contributed by atoms with Gasteiger partial charge >= 0.3 is 0 Å². The first kappa shape index (κ1) is 17.4. The summed E-state index contributed by atoms with van der Waals surface area (Å²) in [5.41, 5.74) is 2.12. The highest BCUT2D eigenvalue weighted by Gasteiger charge is 2.18. The van der Waals surface area contributed by atoms with Gasteiger partial charge in [0.2, 0.25) is 5.91 Å². The van der Waals surface area contributed by atoms with Crippen LogP contribution in [0.2, 0.25) is 0 Å². The van der Waals surface area contributed by atoms with Gasteiger partial charge in [-0.05, 0) is 17.7 Å². The van der Waals surface area contributed by atoms with E-state index in [2.05, 4.69) is 50.4 Å². The minimum absolute atomic E-state index is 0.0177. The van der Waals surface area contributed by atoms with Crippen LogP contribution < -0.4 is 10.2 Å². The first-order valence-electron chi connectivity index (χ1n) is 8.90. The van der Waals surface area contributed by atoms with Crippen LogP contribution in [0.5, 0.6) is 0 Å². The zero-order valence-electron chi connectivity index (χ0n) is 15.0. The van der Waals surface area contributed by atoms with Crippen LogP contribution >= 0.6 is 0 Å². The molecule has 5 nitrogen and oxygen atoms in total. The van der Waals surface area contributed by atoms with Gasteiger partial charge in [-0.15, -0.1) is 0 Å². The number of carbonyl (C=O) groups excluding carboxylic acids is 1. The van der Waals surface area contributed by atoms with Crippen LogP contribution in [0.4, 0.5) is 11.5 Å². The molecule has 1 aliphatic heterocycles. The van der Waals surface area contributed by atoms with Crippen LogP contribution in [0.1, 0.15) is 19.4 Å². The summed E-state index contributed by atoms with van der Waals surface area (Å²) >= 11 is 0. The van der Waals surface area contributed by atoms with Gasteiger partial charge in [0.25, 0.3) is 0 Å². The van der Waals surface area contributed by atoms with Gasteiger partial charge in [0, 0.05) is 38.6 Å². The molecule has 1 fully saturated rings. The van der Waals surface area contributed by atoms with Crippen molar-refractivity contribution >= 4 is 17.4 Å². The molecular weight excluding hydrogens is 312 g/mol. The Labute approximate surface area is 149 Å². The van der Waals surface area contributed by atoms with Crippen LogP contribution in [0.15, 0.2) is 48.7 Å². The lowest BCUT2D eigenvalue weighted by atomic mass is 10.2. The molecule has 1 N–H and O–H groups in total. The Kier molecular flexibility index (Phi) is 5.66. The Hall–Kier alpha value is -2.40. The van der Waals surface area contributed by atoms with Crippen molar-refractivity contribution in [3.05, 3.63) is 54.2 Å². The number of amides is 1. The Morgan fingerprint density at radius 2 is 1.80 bits per heavy atom. The fourth-order valence-electron chi connectivity index (χ4n) is 2.91. The van der Waals surface area contributed by atoms with Crippen LogP contribution in [-0.2, 0) is 11.3 Å². The molecule has 1 saturated heterocycles. The number of aromatic nitrogens is 1. The summed E-state index contributed by atoms with van der Waals surface area (Å²) < 4.78 is 0. The Morgan fingerprint density at radius 1 is 1.08 bits per heavy atom. The summed E-state index contributed by atoms with van der Waals surface area (Å²) in [7, 11) is 0. The number of nitrogens with zero attached hydrogens (tertiary/aromatic N) is 3. The first-order valence-corrected chi connectivity index (χ1v) is 8.90. The van der Waals surface area contributed by atoms with Gasteiger partial charge in [-0.1, -0.05) is 44.2 Å². The normalized spacial score (nSPS) is 15.4. The molecule has 0 atom stereocenters. The third kappa shape index (κ3) is 4.79. The molecule has 25 heavy (non-hydrogen) atoms. The van der Waals surface area contributed by atoms with Crippen LogP contribution in [0, 0.1) is 5.92 Å². The predicted octanol–water partition coefficient (Wildman–Crippen LogP) is 3.00. The number of benzene rings is 1. The molecule has 132 valence electrons. The quantitative estimate of drug-likeness (QED) is 0.910. The lowest BCUT2D eigenvalue weighted by Gasteiger charge is -2.35. The van der Waals surface area contributed by atoms with Gasteiger partial charge < -0.3 is 10.2 Å². The highest BCUT2D eigenvalue weighted by molar-refractivity contribution is 5.91. The van der Waals surface area contributed by atoms with E-state index in [1.54, 1.807) is 6.20 Å². The molecular formula is C20H26N4O. The maximum absolute atomic E-state index is 11.7. The molecule has 1 aliphatic rings. The van der Waals surface area contributed by atoms with E-state index in [0.717, 1.165) is 44.2 Å². The number of pyridine rings is 1. The van der Waals surface area contributed by atoms with Gasteiger partial charge in [0.1, 0.15) is 5.82 Å². The van der Waals surface area contributed by atoms with E-state index in [1.165, 1.54) is 5.56 Å². The van der Waals surface area contributed by atoms with E-state index in [0.29, 0.717) is 0 Å². The maximum atomic E-state index is 11.7. The van der Waals surface area contributed by atoms with Crippen molar-refractivity contribution in [1.82, 2.24) is 9.88 Å². The number of carbonyl (C=O) groups is 1. The lowest BCUT2D eigenvalue weighted by Crippen LogP contribution is -2.46. The summed E-state index contributed by atoms with van der Waals surface area (Å²) in [4.78, 5) is 21.0. The molecule has 3 rings (SSSR count). The summed E-state index contributed by atoms with van der Waals surface area (Å²) in [6.07, 6.45) is 1.74. The minimum atomic E-state index is -0.0302. The van der Waals surface area contributed by atoms with Gasteiger partial charge in [-0.2, -0.15) is 0 Å². The second-order valence-electron chi connectivity index (χ2n) is 6.80. The van der Waals surface area contributed by atoms with Gasteiger partial charge in [0.05, 0.1) is 11.9 Å². The Balaban J connectivity index is 1.51. The Morgan fingerprint density at radius 3 is 2.40 bits per heavy atom. The summed E-state index contributed by atoms with van der Waals surface area (Å²) in [5.74, 6) is 0.961. The van der Waals surface area contributed by atoms with Crippen molar-refractivity contribution in [3.8, 4) is 0 Å². The van der Waals surface area contributed by atoms with E-state index in [-0.39, 0.29) is 11.8 Å². The van der Waals surface area contributed by atoms with Crippen molar-refractivity contribution in [3.63, 3.8) is 0 Å². The second kappa shape index (κ2) is 8.12. The molecule has 0 radical (unpaired) electrons. The smallest absolute Gasteiger partial charge is 0.226 e. The second-order valence-corrected chi connectivity index (χ2v) is 6.80. The van der Waals surface area contributed by atoms with Gasteiger partial charge in [0.15, 0.2) is 0 Å². The molecule has 1 aromatic carbocycles. The fourth-order valence-corrected chi connectivity index (χ4v) is 2.91. The van der Waals surface area contributed by atoms with Crippen LogP contribution in [0.25, 0.3) is 0 Å². The van der Waals surface area contributed by atoms with E-state index >= 15 is 0 Å². The average molecular weight is 338 g/mol. The zero-order valence-corrected chi connectivity index (χ0v) is 15.0. The molecule has 0 bridgehead atoms. The lowest BCUT2D eigenvalue weighted by molar-refractivity contribution is -0.118. The van der Waals surface area contributed by atoms with E-state index < -0.39 is 0 Å². The van der Waals surface area contributed by atoms with E-state index in [4.69, 9.17) is 0 Å². The van der Waals surface area contributed by atoms with E-state index in [9.17, 15) is 4.79 Å². The number of hydrogen-bond acceptors (Lipinski definition) is 4. The highest BCUT2D eigenvalue weighted by Crippen LogP contribution is 2.17. The molecule has 0 saturated carbocycles. The number of anilines is 2. The monoisotopic (exact) mass is 338 g/mol. The number of piperazine rings is 1. The summed E-state index contributed by atoms with van der Waals surface area (Å²) in [5, 5.41) is 2.88. The minimum Gasteiger partial charge on any atom is -0.354 e. The SMILES string of the molecule is CC(C)C(=O)Nc1ccc(N2CCN(Cc3ccccc3)CC2)nc1. The molecule has 2 aromatic rings. The van der Waals surface area contributed by atoms with Crippen molar-refractivity contribution in [1.29, 1.82) is 0 Å². The standard InChI is InChI=1S/C20H26N4O/c1-16(2)20(25)22-18-8-9-19(21-14-18)24-12-10-23(11-13-24)15-17-6-4-3-5-7-17/h3-9,14,16H,10-13,15H2,1-2H3,(H,22,25). The van der Waals surface area contributed by atoms with Gasteiger partial charge in [-0.3, -0.25) is 9.69 Å². The molecule has 2 heterocycles. The third-order valence-electron chi connectivity index (χ3n) is 4.49. The molecule has 1 aromatic heterocycles. The number of nitrogens with one attached hydrogen (secondary N) is 1. The van der Waals surface area contributed by atoms with E-state index in [1.807, 2.05) is 26.0 Å². The number of hydrogen-bond donors (Lipinski definition) is 1. The molecule has 1 amide bonds. The first-order chi connectivity index (χ1) is 12.1. The summed E-state index contributed by atoms with van der Waals surface area (Å²) in [6.45, 7) is 8.76. The zero-order chi connectivity index (χ0) is 17.6. The average Bonchev–Trinajstić information content (AvgIpc) is 2.64. The fraction of sp³-hybridized carbons (Fsp3) is 0.400. The van der Waals surface area contributed by atoms with Crippen molar-refractivity contribution in [2.24, 2.45) is 5.92 Å². The summed E-state index contributed by atoms with van der Waals surface area (Å²) in [6, 6.07) is 14.5. The maximum Gasteiger partial charge on any atom is 0.226 e.